The van der Waals surface area contributed by atoms with E-state index in [2.05, 4.69) is 17.4 Å². The third-order valence-corrected chi connectivity index (χ3v) is 3.90. The van der Waals surface area contributed by atoms with Gasteiger partial charge in [-0.3, -0.25) is 0 Å². The van der Waals surface area contributed by atoms with Crippen LogP contribution in [0, 0.1) is 0 Å². The Bertz CT molecular complexity index is 425. The Morgan fingerprint density at radius 2 is 1.95 bits per heavy atom. The van der Waals surface area contributed by atoms with E-state index in [4.69, 9.17) is 14.2 Å². The minimum atomic E-state index is 0.179. The fraction of sp³-hybridized carbons (Fsp3) is 0.600. The summed E-state index contributed by atoms with van der Waals surface area (Å²) >= 11 is 0. The van der Waals surface area contributed by atoms with Crippen LogP contribution in [0.3, 0.4) is 0 Å². The van der Waals surface area contributed by atoms with Gasteiger partial charge in [-0.15, -0.1) is 0 Å². The van der Waals surface area contributed by atoms with Gasteiger partial charge < -0.3 is 19.5 Å². The molecule has 0 saturated carbocycles. The first kappa shape index (κ1) is 12.8. The maximum atomic E-state index is 5.85. The molecule has 0 aromatic heterocycles. The third-order valence-electron chi connectivity index (χ3n) is 3.90. The van der Waals surface area contributed by atoms with Crippen LogP contribution in [-0.4, -0.2) is 39.5 Å². The number of hydrogen-bond donors (Lipinski definition) is 1. The first-order valence-electron chi connectivity index (χ1n) is 7.00. The van der Waals surface area contributed by atoms with Crippen LogP contribution in [0.15, 0.2) is 18.2 Å². The summed E-state index contributed by atoms with van der Waals surface area (Å²) in [5.74, 6) is 2.30. The van der Waals surface area contributed by atoms with E-state index >= 15 is 0 Å². The standard InChI is InChI=1S/C15H21NO3/c1-17-15-8-12(11-4-6-16-7-5-11)2-3-14(15)19-13-9-18-10-13/h2-3,8,11,13,16H,4-7,9-10H2,1H3. The van der Waals surface area contributed by atoms with E-state index < -0.39 is 0 Å². The van der Waals surface area contributed by atoms with Crippen molar-refractivity contribution in [3.05, 3.63) is 23.8 Å². The third kappa shape index (κ3) is 2.85. The van der Waals surface area contributed by atoms with Crippen LogP contribution in [-0.2, 0) is 4.74 Å². The molecular formula is C15H21NO3. The molecule has 104 valence electrons. The number of rotatable bonds is 4. The van der Waals surface area contributed by atoms with Crippen molar-refractivity contribution in [3.8, 4) is 11.5 Å². The highest BCUT2D eigenvalue weighted by atomic mass is 16.6. The smallest absolute Gasteiger partial charge is 0.161 e. The monoisotopic (exact) mass is 263 g/mol. The van der Waals surface area contributed by atoms with E-state index in [9.17, 15) is 0 Å². The second-order valence-corrected chi connectivity index (χ2v) is 5.21. The minimum Gasteiger partial charge on any atom is -0.493 e. The largest absolute Gasteiger partial charge is 0.493 e. The molecule has 4 heteroatoms. The first-order valence-corrected chi connectivity index (χ1v) is 7.00. The lowest BCUT2D eigenvalue weighted by Gasteiger charge is -2.28. The molecule has 1 aromatic carbocycles. The summed E-state index contributed by atoms with van der Waals surface area (Å²) in [6.07, 6.45) is 2.57. The maximum absolute atomic E-state index is 5.85. The quantitative estimate of drug-likeness (QED) is 0.901. The summed E-state index contributed by atoms with van der Waals surface area (Å²) in [5.41, 5.74) is 1.36. The van der Waals surface area contributed by atoms with E-state index in [0.29, 0.717) is 19.1 Å². The number of ether oxygens (including phenoxy) is 3. The fourth-order valence-electron chi connectivity index (χ4n) is 2.65. The van der Waals surface area contributed by atoms with Crippen molar-refractivity contribution in [3.63, 3.8) is 0 Å². The van der Waals surface area contributed by atoms with Gasteiger partial charge in [-0.25, -0.2) is 0 Å². The minimum absolute atomic E-state index is 0.179. The summed E-state index contributed by atoms with van der Waals surface area (Å²) < 4.78 is 16.4. The van der Waals surface area contributed by atoms with E-state index in [0.717, 1.165) is 24.6 Å². The first-order chi connectivity index (χ1) is 9.36. The van der Waals surface area contributed by atoms with Gasteiger partial charge in [0.1, 0.15) is 6.10 Å². The van der Waals surface area contributed by atoms with Crippen molar-refractivity contribution in [2.24, 2.45) is 0 Å². The van der Waals surface area contributed by atoms with E-state index in [1.165, 1.54) is 18.4 Å². The van der Waals surface area contributed by atoms with Crippen molar-refractivity contribution in [1.82, 2.24) is 5.32 Å². The topological polar surface area (TPSA) is 39.7 Å². The molecule has 4 nitrogen and oxygen atoms in total. The van der Waals surface area contributed by atoms with E-state index in [1.54, 1.807) is 7.11 Å². The van der Waals surface area contributed by atoms with Crippen LogP contribution in [0.4, 0.5) is 0 Å². The zero-order chi connectivity index (χ0) is 13.1. The van der Waals surface area contributed by atoms with Crippen molar-refractivity contribution in [2.45, 2.75) is 24.9 Å². The molecule has 0 radical (unpaired) electrons. The number of nitrogens with one attached hydrogen (secondary N) is 1. The molecule has 0 spiro atoms. The molecule has 3 rings (SSSR count). The van der Waals surface area contributed by atoms with Gasteiger partial charge in [-0.2, -0.15) is 0 Å². The Hall–Kier alpha value is -1.26. The second kappa shape index (κ2) is 5.80. The van der Waals surface area contributed by atoms with Crippen LogP contribution in [0.5, 0.6) is 11.5 Å². The summed E-state index contributed by atoms with van der Waals surface area (Å²) in [5, 5.41) is 3.40. The molecule has 1 N–H and O–H groups in total. The molecule has 2 heterocycles. The lowest BCUT2D eigenvalue weighted by atomic mass is 9.90. The fourth-order valence-corrected chi connectivity index (χ4v) is 2.65. The zero-order valence-corrected chi connectivity index (χ0v) is 11.4. The van der Waals surface area contributed by atoms with Crippen LogP contribution < -0.4 is 14.8 Å². The summed E-state index contributed by atoms with van der Waals surface area (Å²) in [6, 6.07) is 6.34. The molecule has 0 amide bonds. The highest BCUT2D eigenvalue weighted by Crippen LogP contribution is 2.34. The molecule has 0 bridgehead atoms. The average Bonchev–Trinajstić information content (AvgIpc) is 2.44. The van der Waals surface area contributed by atoms with Gasteiger partial charge in [0.2, 0.25) is 0 Å². The van der Waals surface area contributed by atoms with Gasteiger partial charge in [-0.05, 0) is 49.5 Å². The lowest BCUT2D eigenvalue weighted by molar-refractivity contribution is -0.0803. The molecule has 2 fully saturated rings. The second-order valence-electron chi connectivity index (χ2n) is 5.21. The Labute approximate surface area is 114 Å². The highest BCUT2D eigenvalue weighted by Gasteiger charge is 2.22. The van der Waals surface area contributed by atoms with E-state index in [1.807, 2.05) is 6.07 Å². The average molecular weight is 263 g/mol. The van der Waals surface area contributed by atoms with Crippen molar-refractivity contribution < 1.29 is 14.2 Å². The molecular weight excluding hydrogens is 242 g/mol. The van der Waals surface area contributed by atoms with Crippen LogP contribution in [0.25, 0.3) is 0 Å². The zero-order valence-electron chi connectivity index (χ0n) is 11.4. The summed E-state index contributed by atoms with van der Waals surface area (Å²) in [6.45, 7) is 3.56. The van der Waals surface area contributed by atoms with Gasteiger partial charge in [0, 0.05) is 0 Å². The molecule has 0 atom stereocenters. The van der Waals surface area contributed by atoms with Crippen LogP contribution >= 0.6 is 0 Å². The molecule has 2 saturated heterocycles. The number of hydrogen-bond acceptors (Lipinski definition) is 4. The van der Waals surface area contributed by atoms with Gasteiger partial charge in [-0.1, -0.05) is 6.07 Å². The summed E-state index contributed by atoms with van der Waals surface area (Å²) in [4.78, 5) is 0. The predicted molar refractivity (Wildman–Crippen MR) is 73.1 cm³/mol. The number of methoxy groups -OCH3 is 1. The van der Waals surface area contributed by atoms with E-state index in [-0.39, 0.29) is 6.10 Å². The Morgan fingerprint density at radius 1 is 1.16 bits per heavy atom. The molecule has 0 aliphatic carbocycles. The molecule has 2 aliphatic rings. The summed E-state index contributed by atoms with van der Waals surface area (Å²) in [7, 11) is 1.70. The number of piperidine rings is 1. The molecule has 0 unspecified atom stereocenters. The highest BCUT2D eigenvalue weighted by molar-refractivity contribution is 5.44. The van der Waals surface area contributed by atoms with Crippen molar-refractivity contribution >= 4 is 0 Å². The van der Waals surface area contributed by atoms with Gasteiger partial charge in [0.05, 0.1) is 20.3 Å². The SMILES string of the molecule is COc1cc(C2CCNCC2)ccc1OC1COC1. The van der Waals surface area contributed by atoms with Crippen molar-refractivity contribution in [1.29, 1.82) is 0 Å². The van der Waals surface area contributed by atoms with Gasteiger partial charge in [0.15, 0.2) is 11.5 Å². The van der Waals surface area contributed by atoms with Crippen LogP contribution in [0.2, 0.25) is 0 Å². The van der Waals surface area contributed by atoms with Gasteiger partial charge in [0.25, 0.3) is 0 Å². The van der Waals surface area contributed by atoms with Crippen LogP contribution in [0.1, 0.15) is 24.3 Å². The maximum Gasteiger partial charge on any atom is 0.161 e. The predicted octanol–water partition coefficient (Wildman–Crippen LogP) is 1.94. The molecule has 1 aromatic rings. The molecule has 2 aliphatic heterocycles. The molecule has 19 heavy (non-hydrogen) atoms. The van der Waals surface area contributed by atoms with Gasteiger partial charge >= 0.3 is 0 Å². The Kier molecular flexibility index (Phi) is 3.89. The Balaban J connectivity index is 1.75. The number of benzene rings is 1. The normalized spacial score (nSPS) is 20.9. The van der Waals surface area contributed by atoms with Crippen molar-refractivity contribution in [2.75, 3.05) is 33.4 Å². The lowest BCUT2D eigenvalue weighted by Crippen LogP contribution is -2.38. The Morgan fingerprint density at radius 3 is 2.58 bits per heavy atom.